The first kappa shape index (κ1) is 15.4. The van der Waals surface area contributed by atoms with E-state index in [1.165, 1.54) is 12.3 Å². The standard InChI is InChI=1S/C15H15BrFN3O/c1-8-6-9(2)13(11(16)7-8)20-15(21)10-4-5-19-14(18-3)12(10)17/h4-7H,1-3H3,(H,18,19)(H,20,21). The maximum absolute atomic E-state index is 14.1. The zero-order chi connectivity index (χ0) is 15.6. The van der Waals surface area contributed by atoms with Crippen LogP contribution in [0.4, 0.5) is 15.9 Å². The molecule has 0 bridgehead atoms. The Morgan fingerprint density at radius 1 is 1.33 bits per heavy atom. The smallest absolute Gasteiger partial charge is 0.258 e. The van der Waals surface area contributed by atoms with Crippen molar-refractivity contribution in [3.8, 4) is 0 Å². The highest BCUT2D eigenvalue weighted by atomic mass is 79.9. The molecule has 6 heteroatoms. The number of carbonyl (C=O) groups excluding carboxylic acids is 1. The Morgan fingerprint density at radius 2 is 2.05 bits per heavy atom. The first-order valence-electron chi connectivity index (χ1n) is 6.34. The fourth-order valence-corrected chi connectivity index (χ4v) is 2.82. The first-order chi connectivity index (χ1) is 9.93. The molecule has 1 aromatic heterocycles. The lowest BCUT2D eigenvalue weighted by Gasteiger charge is -2.13. The van der Waals surface area contributed by atoms with Crippen LogP contribution >= 0.6 is 15.9 Å². The third-order valence-electron chi connectivity index (χ3n) is 3.04. The molecule has 2 rings (SSSR count). The van der Waals surface area contributed by atoms with Crippen LogP contribution in [0.25, 0.3) is 0 Å². The maximum atomic E-state index is 14.1. The average molecular weight is 352 g/mol. The van der Waals surface area contributed by atoms with Gasteiger partial charge in [0, 0.05) is 17.7 Å². The number of benzene rings is 1. The molecule has 0 aliphatic carbocycles. The van der Waals surface area contributed by atoms with Gasteiger partial charge in [0.05, 0.1) is 11.3 Å². The summed E-state index contributed by atoms with van der Waals surface area (Å²) in [6.45, 7) is 3.85. The SMILES string of the molecule is CNc1nccc(C(=O)Nc2c(C)cc(C)cc2Br)c1F. The molecule has 0 aliphatic rings. The largest absolute Gasteiger partial charge is 0.371 e. The van der Waals surface area contributed by atoms with Crippen molar-refractivity contribution < 1.29 is 9.18 Å². The van der Waals surface area contributed by atoms with Gasteiger partial charge >= 0.3 is 0 Å². The van der Waals surface area contributed by atoms with Gasteiger partial charge in [-0.2, -0.15) is 0 Å². The predicted molar refractivity (Wildman–Crippen MR) is 85.3 cm³/mol. The highest BCUT2D eigenvalue weighted by Crippen LogP contribution is 2.28. The lowest BCUT2D eigenvalue weighted by atomic mass is 10.1. The van der Waals surface area contributed by atoms with E-state index in [-0.39, 0.29) is 11.4 Å². The van der Waals surface area contributed by atoms with Crippen LogP contribution in [-0.2, 0) is 0 Å². The molecule has 4 nitrogen and oxygen atoms in total. The second-order valence-electron chi connectivity index (χ2n) is 4.66. The molecule has 2 aromatic rings. The van der Waals surface area contributed by atoms with Crippen LogP contribution in [0.1, 0.15) is 21.5 Å². The van der Waals surface area contributed by atoms with Gasteiger partial charge in [-0.25, -0.2) is 9.37 Å². The van der Waals surface area contributed by atoms with E-state index in [4.69, 9.17) is 0 Å². The van der Waals surface area contributed by atoms with Gasteiger partial charge < -0.3 is 10.6 Å². The number of aryl methyl sites for hydroxylation is 2. The van der Waals surface area contributed by atoms with Crippen LogP contribution in [-0.4, -0.2) is 17.9 Å². The summed E-state index contributed by atoms with van der Waals surface area (Å²) < 4.78 is 14.9. The van der Waals surface area contributed by atoms with Gasteiger partial charge in [-0.05, 0) is 53.0 Å². The fraction of sp³-hybridized carbons (Fsp3) is 0.200. The van der Waals surface area contributed by atoms with Crippen molar-refractivity contribution in [1.82, 2.24) is 4.98 Å². The molecule has 1 aromatic carbocycles. The van der Waals surface area contributed by atoms with Gasteiger partial charge in [-0.3, -0.25) is 4.79 Å². The van der Waals surface area contributed by atoms with E-state index in [0.29, 0.717) is 5.69 Å². The van der Waals surface area contributed by atoms with Crippen molar-refractivity contribution in [3.63, 3.8) is 0 Å². The highest BCUT2D eigenvalue weighted by Gasteiger charge is 2.17. The van der Waals surface area contributed by atoms with Gasteiger partial charge in [0.2, 0.25) is 0 Å². The number of aromatic nitrogens is 1. The van der Waals surface area contributed by atoms with Crippen LogP contribution in [0.15, 0.2) is 28.9 Å². The molecule has 0 spiro atoms. The van der Waals surface area contributed by atoms with E-state index >= 15 is 0 Å². The van der Waals surface area contributed by atoms with Gasteiger partial charge in [0.1, 0.15) is 0 Å². The molecule has 0 fully saturated rings. The summed E-state index contributed by atoms with van der Waals surface area (Å²) in [4.78, 5) is 16.1. The molecule has 0 atom stereocenters. The summed E-state index contributed by atoms with van der Waals surface area (Å²) in [7, 11) is 1.55. The van der Waals surface area contributed by atoms with Crippen molar-refractivity contribution in [1.29, 1.82) is 0 Å². The number of halogens is 2. The summed E-state index contributed by atoms with van der Waals surface area (Å²) in [6, 6.07) is 5.19. The molecular weight excluding hydrogens is 337 g/mol. The minimum absolute atomic E-state index is 0.0438. The molecule has 0 unspecified atom stereocenters. The van der Waals surface area contributed by atoms with Crippen molar-refractivity contribution in [2.45, 2.75) is 13.8 Å². The van der Waals surface area contributed by atoms with Gasteiger partial charge in [0.15, 0.2) is 11.6 Å². The zero-order valence-corrected chi connectivity index (χ0v) is 13.5. The Labute approximate surface area is 130 Å². The lowest BCUT2D eigenvalue weighted by molar-refractivity contribution is 0.102. The normalized spacial score (nSPS) is 10.3. The van der Waals surface area contributed by atoms with Crippen LogP contribution in [0.3, 0.4) is 0 Å². The van der Waals surface area contributed by atoms with Crippen LogP contribution in [0.5, 0.6) is 0 Å². The molecular formula is C15H15BrFN3O. The molecule has 0 saturated carbocycles. The van der Waals surface area contributed by atoms with Crippen molar-refractivity contribution in [3.05, 3.63) is 51.4 Å². The van der Waals surface area contributed by atoms with Gasteiger partial charge in [-0.15, -0.1) is 0 Å². The Bertz CT molecular complexity index is 680. The minimum Gasteiger partial charge on any atom is -0.371 e. The van der Waals surface area contributed by atoms with E-state index in [2.05, 4.69) is 31.5 Å². The predicted octanol–water partition coefficient (Wildman–Crippen LogP) is 3.89. The van der Waals surface area contributed by atoms with Crippen LogP contribution in [0, 0.1) is 19.7 Å². The van der Waals surface area contributed by atoms with Crippen molar-refractivity contribution >= 4 is 33.3 Å². The molecule has 1 heterocycles. The number of anilines is 2. The van der Waals surface area contributed by atoms with E-state index < -0.39 is 11.7 Å². The van der Waals surface area contributed by atoms with Crippen molar-refractivity contribution in [2.24, 2.45) is 0 Å². The third-order valence-corrected chi connectivity index (χ3v) is 3.67. The van der Waals surface area contributed by atoms with E-state index in [1.807, 2.05) is 26.0 Å². The number of hydrogen-bond acceptors (Lipinski definition) is 3. The Morgan fingerprint density at radius 3 is 2.67 bits per heavy atom. The topological polar surface area (TPSA) is 54.0 Å². The second-order valence-corrected chi connectivity index (χ2v) is 5.52. The Balaban J connectivity index is 2.35. The molecule has 21 heavy (non-hydrogen) atoms. The zero-order valence-electron chi connectivity index (χ0n) is 11.9. The molecule has 110 valence electrons. The molecule has 0 aliphatic heterocycles. The number of nitrogens with zero attached hydrogens (tertiary/aromatic N) is 1. The second kappa shape index (κ2) is 6.22. The summed E-state index contributed by atoms with van der Waals surface area (Å²) >= 11 is 3.41. The average Bonchev–Trinajstić information content (AvgIpc) is 2.42. The first-order valence-corrected chi connectivity index (χ1v) is 7.13. The van der Waals surface area contributed by atoms with Crippen molar-refractivity contribution in [2.75, 3.05) is 17.7 Å². The number of amides is 1. The summed E-state index contributed by atoms with van der Waals surface area (Å²) in [5.41, 5.74) is 2.55. The molecule has 1 amide bonds. The maximum Gasteiger partial charge on any atom is 0.258 e. The summed E-state index contributed by atoms with van der Waals surface area (Å²) in [5.74, 6) is -1.14. The minimum atomic E-state index is -0.668. The summed E-state index contributed by atoms with van der Waals surface area (Å²) in [5, 5.41) is 5.34. The Hall–Kier alpha value is -1.95. The Kier molecular flexibility index (Phi) is 4.57. The van der Waals surface area contributed by atoms with Crippen LogP contribution in [0.2, 0.25) is 0 Å². The number of nitrogens with one attached hydrogen (secondary N) is 2. The molecule has 0 saturated heterocycles. The van der Waals surface area contributed by atoms with E-state index in [0.717, 1.165) is 15.6 Å². The third kappa shape index (κ3) is 3.21. The number of rotatable bonds is 3. The number of carbonyl (C=O) groups is 1. The summed E-state index contributed by atoms with van der Waals surface area (Å²) in [6.07, 6.45) is 1.39. The van der Waals surface area contributed by atoms with E-state index in [1.54, 1.807) is 7.05 Å². The lowest BCUT2D eigenvalue weighted by Crippen LogP contribution is -2.16. The monoisotopic (exact) mass is 351 g/mol. The number of pyridine rings is 1. The number of hydrogen-bond donors (Lipinski definition) is 2. The van der Waals surface area contributed by atoms with Gasteiger partial charge in [-0.1, -0.05) is 6.07 Å². The fourth-order valence-electron chi connectivity index (χ4n) is 2.05. The highest BCUT2D eigenvalue weighted by molar-refractivity contribution is 9.10. The van der Waals surface area contributed by atoms with Crippen LogP contribution < -0.4 is 10.6 Å². The quantitative estimate of drug-likeness (QED) is 0.881. The van der Waals surface area contributed by atoms with E-state index in [9.17, 15) is 9.18 Å². The molecule has 0 radical (unpaired) electrons. The van der Waals surface area contributed by atoms with Gasteiger partial charge in [0.25, 0.3) is 5.91 Å². The molecule has 2 N–H and O–H groups in total.